The Balaban J connectivity index is 1.84. The Hall–Kier alpha value is -0.870. The van der Waals surface area contributed by atoms with Crippen LogP contribution >= 0.6 is 7.52 Å². The van der Waals surface area contributed by atoms with Crippen LogP contribution in [0.4, 0.5) is 0 Å². The lowest BCUT2D eigenvalue weighted by Crippen LogP contribution is -2.31. The average Bonchev–Trinajstić information content (AvgIpc) is 3.07. The van der Waals surface area contributed by atoms with E-state index in [-0.39, 0.29) is 24.5 Å². The number of ether oxygens (including phenoxy) is 2. The van der Waals surface area contributed by atoms with Crippen molar-refractivity contribution in [1.29, 1.82) is 0 Å². The first-order chi connectivity index (χ1) is 9.37. The summed E-state index contributed by atoms with van der Waals surface area (Å²) in [4.78, 5) is 0. The number of para-hydroxylation sites is 1. The fraction of sp³-hybridized carbons (Fsp3) is 0.571. The Kier molecular flexibility index (Phi) is 4.86. The fourth-order valence-electron chi connectivity index (χ4n) is 1.99. The van der Waals surface area contributed by atoms with Crippen LogP contribution < -0.4 is 9.61 Å². The molecule has 5 nitrogen and oxygen atoms in total. The van der Waals surface area contributed by atoms with E-state index in [2.05, 4.69) is 5.09 Å². The SMILES string of the molecule is CC(C)OC1OC1[C@H](C)NP(C)(=O)Oc1ccccc1. The Morgan fingerprint density at radius 1 is 1.25 bits per heavy atom. The number of rotatable bonds is 7. The van der Waals surface area contributed by atoms with Gasteiger partial charge in [0.1, 0.15) is 11.9 Å². The maximum atomic E-state index is 12.4. The van der Waals surface area contributed by atoms with Gasteiger partial charge in [0, 0.05) is 12.7 Å². The topological polar surface area (TPSA) is 60.1 Å². The summed E-state index contributed by atoms with van der Waals surface area (Å²) >= 11 is 0. The molecule has 0 saturated carbocycles. The summed E-state index contributed by atoms with van der Waals surface area (Å²) in [6.45, 7) is 7.40. The lowest BCUT2D eigenvalue weighted by Gasteiger charge is -2.20. The molecule has 1 N–H and O–H groups in total. The highest BCUT2D eigenvalue weighted by molar-refractivity contribution is 7.56. The van der Waals surface area contributed by atoms with Crippen LogP contribution in [0.3, 0.4) is 0 Å². The third-order valence-electron chi connectivity index (χ3n) is 2.84. The van der Waals surface area contributed by atoms with Gasteiger partial charge >= 0.3 is 7.52 Å². The molecule has 1 aliphatic heterocycles. The van der Waals surface area contributed by atoms with Crippen molar-refractivity contribution >= 4 is 7.52 Å². The van der Waals surface area contributed by atoms with Crippen LogP contribution in [-0.2, 0) is 14.0 Å². The van der Waals surface area contributed by atoms with Gasteiger partial charge in [-0.2, -0.15) is 0 Å². The second-order valence-electron chi connectivity index (χ2n) is 5.32. The molecule has 0 radical (unpaired) electrons. The highest BCUT2D eigenvalue weighted by Gasteiger charge is 2.46. The summed E-state index contributed by atoms with van der Waals surface area (Å²) in [6.07, 6.45) is -0.175. The highest BCUT2D eigenvalue weighted by atomic mass is 31.2. The summed E-state index contributed by atoms with van der Waals surface area (Å²) < 4.78 is 28.9. The van der Waals surface area contributed by atoms with Gasteiger partial charge in [-0.25, -0.2) is 5.09 Å². The molecule has 20 heavy (non-hydrogen) atoms. The smallest absolute Gasteiger partial charge is 0.313 e. The molecule has 112 valence electrons. The molecule has 1 aromatic rings. The van der Waals surface area contributed by atoms with Gasteiger partial charge in [0.2, 0.25) is 0 Å². The van der Waals surface area contributed by atoms with Crippen LogP contribution in [0.2, 0.25) is 0 Å². The molecule has 2 rings (SSSR count). The molecule has 1 saturated heterocycles. The molecule has 1 heterocycles. The van der Waals surface area contributed by atoms with Gasteiger partial charge in [-0.3, -0.25) is 4.57 Å². The zero-order valence-corrected chi connectivity index (χ0v) is 13.2. The molecular formula is C14H22NO4P. The monoisotopic (exact) mass is 299 g/mol. The minimum Gasteiger partial charge on any atom is -0.433 e. The maximum Gasteiger partial charge on any atom is 0.313 e. The molecular weight excluding hydrogens is 277 g/mol. The van der Waals surface area contributed by atoms with Crippen LogP contribution in [0.15, 0.2) is 30.3 Å². The lowest BCUT2D eigenvalue weighted by molar-refractivity contribution is 0.00799. The zero-order valence-electron chi connectivity index (χ0n) is 12.3. The molecule has 0 amide bonds. The fourth-order valence-corrected chi connectivity index (χ4v) is 3.46. The van der Waals surface area contributed by atoms with E-state index >= 15 is 0 Å². The van der Waals surface area contributed by atoms with Crippen molar-refractivity contribution in [2.24, 2.45) is 0 Å². The standard InChI is InChI=1S/C14H22NO4P/c1-10(2)17-14-13(18-14)11(3)15-20(4,16)19-12-8-6-5-7-9-12/h5-11,13-14H,1-4H3,(H,15,16)/t11-,13?,14?,20?/m0/s1. The summed E-state index contributed by atoms with van der Waals surface area (Å²) in [5.74, 6) is 0.588. The Labute approximate surface area is 120 Å². The van der Waals surface area contributed by atoms with Gasteiger partial charge in [0.25, 0.3) is 0 Å². The summed E-state index contributed by atoms with van der Waals surface area (Å²) in [6, 6.07) is 9.03. The second-order valence-corrected chi connectivity index (χ2v) is 7.45. The van der Waals surface area contributed by atoms with E-state index in [0.717, 1.165) is 0 Å². The van der Waals surface area contributed by atoms with Gasteiger partial charge in [-0.1, -0.05) is 18.2 Å². The summed E-state index contributed by atoms with van der Waals surface area (Å²) in [5, 5.41) is 3.00. The van der Waals surface area contributed by atoms with Crippen LogP contribution in [0.5, 0.6) is 5.75 Å². The first kappa shape index (κ1) is 15.5. The lowest BCUT2D eigenvalue weighted by atomic mass is 10.2. The van der Waals surface area contributed by atoms with E-state index < -0.39 is 7.52 Å². The number of hydrogen-bond acceptors (Lipinski definition) is 4. The molecule has 0 spiro atoms. The summed E-state index contributed by atoms with van der Waals surface area (Å²) in [7, 11) is -2.93. The van der Waals surface area contributed by atoms with Crippen LogP contribution in [0.1, 0.15) is 20.8 Å². The highest BCUT2D eigenvalue weighted by Crippen LogP contribution is 2.41. The predicted octanol–water partition coefficient (Wildman–Crippen LogP) is 3.02. The number of epoxide rings is 1. The minimum atomic E-state index is -2.93. The molecule has 0 aromatic heterocycles. The van der Waals surface area contributed by atoms with E-state index in [0.29, 0.717) is 5.75 Å². The molecule has 1 aromatic carbocycles. The Morgan fingerprint density at radius 3 is 2.50 bits per heavy atom. The molecule has 1 aliphatic rings. The molecule has 6 heteroatoms. The number of benzene rings is 1. The third kappa shape index (κ3) is 4.60. The molecule has 0 aliphatic carbocycles. The van der Waals surface area contributed by atoms with Crippen LogP contribution in [0, 0.1) is 0 Å². The molecule has 3 unspecified atom stereocenters. The molecule has 1 fully saturated rings. The van der Waals surface area contributed by atoms with Crippen molar-refractivity contribution in [1.82, 2.24) is 5.09 Å². The average molecular weight is 299 g/mol. The predicted molar refractivity (Wildman–Crippen MR) is 78.1 cm³/mol. The Bertz CT molecular complexity index is 479. The third-order valence-corrected chi connectivity index (χ3v) is 4.28. The van der Waals surface area contributed by atoms with E-state index in [1.165, 1.54) is 0 Å². The van der Waals surface area contributed by atoms with Crippen LogP contribution in [-0.4, -0.2) is 31.2 Å². The van der Waals surface area contributed by atoms with E-state index in [4.69, 9.17) is 14.0 Å². The van der Waals surface area contributed by atoms with Gasteiger partial charge in [-0.05, 0) is 32.9 Å². The zero-order chi connectivity index (χ0) is 14.8. The molecule has 0 bridgehead atoms. The van der Waals surface area contributed by atoms with E-state index in [1.54, 1.807) is 18.8 Å². The van der Waals surface area contributed by atoms with Crippen molar-refractivity contribution in [3.05, 3.63) is 30.3 Å². The van der Waals surface area contributed by atoms with Crippen molar-refractivity contribution in [2.45, 2.75) is 45.3 Å². The van der Waals surface area contributed by atoms with Gasteiger partial charge in [0.05, 0.1) is 6.10 Å². The van der Waals surface area contributed by atoms with Crippen LogP contribution in [0.25, 0.3) is 0 Å². The quantitative estimate of drug-likeness (QED) is 0.619. The largest absolute Gasteiger partial charge is 0.433 e. The van der Waals surface area contributed by atoms with Gasteiger partial charge in [-0.15, -0.1) is 0 Å². The number of nitrogens with one attached hydrogen (secondary N) is 1. The van der Waals surface area contributed by atoms with Gasteiger partial charge < -0.3 is 14.0 Å². The molecule has 4 atom stereocenters. The maximum absolute atomic E-state index is 12.4. The van der Waals surface area contributed by atoms with Crippen molar-refractivity contribution in [3.8, 4) is 5.75 Å². The van der Waals surface area contributed by atoms with Crippen molar-refractivity contribution in [2.75, 3.05) is 6.66 Å². The Morgan fingerprint density at radius 2 is 1.90 bits per heavy atom. The normalized spacial score (nSPS) is 26.1. The summed E-state index contributed by atoms with van der Waals surface area (Å²) in [5.41, 5.74) is 0. The first-order valence-electron chi connectivity index (χ1n) is 6.78. The minimum absolute atomic E-state index is 0.0787. The van der Waals surface area contributed by atoms with Gasteiger partial charge in [0.15, 0.2) is 6.29 Å². The first-order valence-corrected chi connectivity index (χ1v) is 8.85. The number of hydrogen-bond donors (Lipinski definition) is 1. The van der Waals surface area contributed by atoms with E-state index in [1.807, 2.05) is 39.0 Å². The van der Waals surface area contributed by atoms with E-state index in [9.17, 15) is 4.57 Å². The van der Waals surface area contributed by atoms with Crippen molar-refractivity contribution in [3.63, 3.8) is 0 Å². The van der Waals surface area contributed by atoms with Crippen molar-refractivity contribution < 1.29 is 18.6 Å². The second kappa shape index (κ2) is 6.27.